The number of rotatable bonds is 4. The highest BCUT2D eigenvalue weighted by molar-refractivity contribution is 7.91. The molecule has 0 aromatic carbocycles. The van der Waals surface area contributed by atoms with Crippen LogP contribution < -0.4 is 5.32 Å². The molecule has 1 N–H and O–H groups in total. The Bertz CT molecular complexity index is 592. The molecule has 2 saturated heterocycles. The zero-order valence-corrected chi connectivity index (χ0v) is 14.4. The lowest BCUT2D eigenvalue weighted by molar-refractivity contribution is -0.145. The second-order valence-corrected chi connectivity index (χ2v) is 9.11. The Balaban J connectivity index is 1.58. The lowest BCUT2D eigenvalue weighted by Crippen LogP contribution is -2.54. The summed E-state index contributed by atoms with van der Waals surface area (Å²) in [5, 5.41) is 2.80. The lowest BCUT2D eigenvalue weighted by atomic mass is 10.0. The van der Waals surface area contributed by atoms with E-state index >= 15 is 0 Å². The van der Waals surface area contributed by atoms with Gasteiger partial charge in [-0.15, -0.1) is 0 Å². The minimum absolute atomic E-state index is 0.00180. The van der Waals surface area contributed by atoms with E-state index < -0.39 is 15.3 Å². The van der Waals surface area contributed by atoms with Crippen molar-refractivity contribution in [2.75, 3.05) is 44.2 Å². The zero-order valence-electron chi connectivity index (χ0n) is 13.6. The predicted molar refractivity (Wildman–Crippen MR) is 85.6 cm³/mol. The predicted octanol–water partition coefficient (Wildman–Crippen LogP) is -0.766. The summed E-state index contributed by atoms with van der Waals surface area (Å²) >= 11 is 0. The van der Waals surface area contributed by atoms with Crippen LogP contribution in [0.4, 0.5) is 0 Å². The number of likely N-dealkylation sites (N-methyl/N-ethyl adjacent to an activating group) is 1. The Morgan fingerprint density at radius 3 is 2.30 bits per heavy atom. The van der Waals surface area contributed by atoms with E-state index in [0.717, 1.165) is 19.6 Å². The van der Waals surface area contributed by atoms with Crippen molar-refractivity contribution in [3.63, 3.8) is 0 Å². The maximum atomic E-state index is 12.7. The molecule has 1 atom stereocenters. The van der Waals surface area contributed by atoms with Crippen molar-refractivity contribution < 1.29 is 18.0 Å². The van der Waals surface area contributed by atoms with Crippen LogP contribution in [-0.4, -0.2) is 80.3 Å². The maximum Gasteiger partial charge on any atom is 0.238 e. The fraction of sp³-hybridized carbons (Fsp3) is 0.867. The Kier molecular flexibility index (Phi) is 4.39. The third-order valence-electron chi connectivity index (χ3n) is 5.27. The van der Waals surface area contributed by atoms with Crippen LogP contribution in [0.3, 0.4) is 0 Å². The summed E-state index contributed by atoms with van der Waals surface area (Å²) in [6.45, 7) is 6.10. The minimum Gasteiger partial charge on any atom is -0.351 e. The van der Waals surface area contributed by atoms with Gasteiger partial charge in [0.2, 0.25) is 11.8 Å². The molecule has 1 aliphatic carbocycles. The average Bonchev–Trinajstić information content (AvgIpc) is 3.27. The second-order valence-electron chi connectivity index (χ2n) is 6.88. The molecule has 1 saturated carbocycles. The van der Waals surface area contributed by atoms with Crippen molar-refractivity contribution in [2.24, 2.45) is 5.41 Å². The standard InChI is InChI=1S/C15H25N3O4S/c1-2-17-6-8-18(9-7-17)14(20)15(4-5-15)13(19)16-12-3-10-23(21,22)11-12/h12H,2-11H2,1H3,(H,16,19). The Hall–Kier alpha value is -1.15. The van der Waals surface area contributed by atoms with Gasteiger partial charge in [0.15, 0.2) is 9.84 Å². The monoisotopic (exact) mass is 343 g/mol. The minimum atomic E-state index is -3.03. The van der Waals surface area contributed by atoms with Gasteiger partial charge >= 0.3 is 0 Å². The van der Waals surface area contributed by atoms with E-state index in [2.05, 4.69) is 17.1 Å². The van der Waals surface area contributed by atoms with Gasteiger partial charge in [0.25, 0.3) is 0 Å². The van der Waals surface area contributed by atoms with Crippen molar-refractivity contribution in [1.82, 2.24) is 15.1 Å². The molecule has 3 rings (SSSR count). The molecule has 130 valence electrons. The topological polar surface area (TPSA) is 86.8 Å². The number of carbonyl (C=O) groups is 2. The molecule has 23 heavy (non-hydrogen) atoms. The fourth-order valence-electron chi connectivity index (χ4n) is 3.47. The molecule has 7 nitrogen and oxygen atoms in total. The van der Waals surface area contributed by atoms with Gasteiger partial charge in [0.05, 0.1) is 11.5 Å². The molecule has 2 heterocycles. The third kappa shape index (κ3) is 3.38. The van der Waals surface area contributed by atoms with Crippen LogP contribution in [0, 0.1) is 5.41 Å². The van der Waals surface area contributed by atoms with E-state index in [4.69, 9.17) is 0 Å². The van der Waals surface area contributed by atoms with Gasteiger partial charge in [-0.05, 0) is 25.8 Å². The number of hydrogen-bond donors (Lipinski definition) is 1. The first kappa shape index (κ1) is 16.7. The largest absolute Gasteiger partial charge is 0.351 e. The van der Waals surface area contributed by atoms with Crippen molar-refractivity contribution in [3.05, 3.63) is 0 Å². The Morgan fingerprint density at radius 2 is 1.83 bits per heavy atom. The van der Waals surface area contributed by atoms with Gasteiger partial charge in [-0.1, -0.05) is 6.92 Å². The molecule has 0 bridgehead atoms. The second kappa shape index (κ2) is 6.05. The Morgan fingerprint density at radius 1 is 1.17 bits per heavy atom. The molecule has 8 heteroatoms. The van der Waals surface area contributed by atoms with Crippen LogP contribution in [0.2, 0.25) is 0 Å². The summed E-state index contributed by atoms with van der Waals surface area (Å²) in [7, 11) is -3.03. The highest BCUT2D eigenvalue weighted by atomic mass is 32.2. The molecule has 3 fully saturated rings. The van der Waals surface area contributed by atoms with E-state index in [1.807, 2.05) is 0 Å². The molecule has 0 aromatic heterocycles. The van der Waals surface area contributed by atoms with Crippen LogP contribution in [0.15, 0.2) is 0 Å². The molecular weight excluding hydrogens is 318 g/mol. The molecule has 0 radical (unpaired) electrons. The quantitative estimate of drug-likeness (QED) is 0.678. The van der Waals surface area contributed by atoms with Gasteiger partial charge in [-0.2, -0.15) is 0 Å². The Labute approximate surface area is 137 Å². The van der Waals surface area contributed by atoms with Crippen molar-refractivity contribution >= 4 is 21.7 Å². The summed E-state index contributed by atoms with van der Waals surface area (Å²) < 4.78 is 23.0. The summed E-state index contributed by atoms with van der Waals surface area (Å²) in [5.41, 5.74) is -0.930. The third-order valence-corrected chi connectivity index (χ3v) is 7.04. The first-order chi connectivity index (χ1) is 10.9. The summed E-state index contributed by atoms with van der Waals surface area (Å²) in [6.07, 6.45) is 1.60. The normalized spacial score (nSPS) is 29.3. The molecule has 0 spiro atoms. The van der Waals surface area contributed by atoms with Crippen LogP contribution in [0.5, 0.6) is 0 Å². The zero-order chi connectivity index (χ0) is 16.7. The van der Waals surface area contributed by atoms with Gasteiger partial charge in [-0.3, -0.25) is 9.59 Å². The lowest BCUT2D eigenvalue weighted by Gasteiger charge is -2.36. The highest BCUT2D eigenvalue weighted by Gasteiger charge is 2.58. The first-order valence-electron chi connectivity index (χ1n) is 8.39. The molecule has 2 aliphatic heterocycles. The maximum absolute atomic E-state index is 12.7. The molecule has 1 unspecified atom stereocenters. The van der Waals surface area contributed by atoms with Gasteiger partial charge in [0.1, 0.15) is 5.41 Å². The smallest absolute Gasteiger partial charge is 0.238 e. The van der Waals surface area contributed by atoms with E-state index in [0.29, 0.717) is 32.4 Å². The number of nitrogens with one attached hydrogen (secondary N) is 1. The van der Waals surface area contributed by atoms with Crippen molar-refractivity contribution in [1.29, 1.82) is 0 Å². The van der Waals surface area contributed by atoms with Crippen molar-refractivity contribution in [3.8, 4) is 0 Å². The first-order valence-corrected chi connectivity index (χ1v) is 10.2. The van der Waals surface area contributed by atoms with Crippen LogP contribution in [0.25, 0.3) is 0 Å². The number of sulfone groups is 1. The number of hydrogen-bond acceptors (Lipinski definition) is 5. The van der Waals surface area contributed by atoms with E-state index in [-0.39, 0.29) is 29.4 Å². The van der Waals surface area contributed by atoms with Gasteiger partial charge < -0.3 is 15.1 Å². The molecule has 0 aromatic rings. The van der Waals surface area contributed by atoms with E-state index in [1.165, 1.54) is 0 Å². The molecule has 3 aliphatic rings. The summed E-state index contributed by atoms with van der Waals surface area (Å²) in [4.78, 5) is 29.4. The van der Waals surface area contributed by atoms with Crippen LogP contribution >= 0.6 is 0 Å². The molecule has 2 amide bonds. The number of nitrogens with zero attached hydrogens (tertiary/aromatic N) is 2. The average molecular weight is 343 g/mol. The van der Waals surface area contributed by atoms with Gasteiger partial charge in [0, 0.05) is 32.2 Å². The number of piperazine rings is 1. The summed E-state index contributed by atoms with van der Waals surface area (Å²) in [5.74, 6) is -0.232. The van der Waals surface area contributed by atoms with Crippen LogP contribution in [0.1, 0.15) is 26.2 Å². The fourth-order valence-corrected chi connectivity index (χ4v) is 5.14. The SMILES string of the molecule is CCN1CCN(C(=O)C2(C(=O)NC3CCS(=O)(=O)C3)CC2)CC1. The number of carbonyl (C=O) groups excluding carboxylic acids is 2. The van der Waals surface area contributed by atoms with Crippen LogP contribution in [-0.2, 0) is 19.4 Å². The van der Waals surface area contributed by atoms with Crippen molar-refractivity contribution in [2.45, 2.75) is 32.2 Å². The highest BCUT2D eigenvalue weighted by Crippen LogP contribution is 2.47. The van der Waals surface area contributed by atoms with E-state index in [9.17, 15) is 18.0 Å². The summed E-state index contributed by atoms with van der Waals surface area (Å²) in [6, 6.07) is -0.338. The van der Waals surface area contributed by atoms with E-state index in [1.54, 1.807) is 4.90 Å². The number of amides is 2. The van der Waals surface area contributed by atoms with Gasteiger partial charge in [-0.25, -0.2) is 8.42 Å². The molecular formula is C15H25N3O4S.